The minimum Gasteiger partial charge on any atom is -0.494 e. The number of benzene rings is 2. The van der Waals surface area contributed by atoms with Crippen molar-refractivity contribution in [3.05, 3.63) is 54.9 Å². The number of hydrogen-bond acceptors (Lipinski definition) is 8. The number of carbonyl (C=O) groups is 1. The summed E-state index contributed by atoms with van der Waals surface area (Å²) in [5, 5.41) is 6.12. The zero-order chi connectivity index (χ0) is 25.5. The molecule has 0 saturated carbocycles. The Hall–Kier alpha value is -3.83. The topological polar surface area (TPSA) is 97.8 Å². The van der Waals surface area contributed by atoms with Crippen LogP contribution in [-0.4, -0.2) is 67.3 Å². The zero-order valence-corrected chi connectivity index (χ0v) is 19.9. The van der Waals surface area contributed by atoms with Crippen LogP contribution in [0.2, 0.25) is 0 Å². The highest BCUT2D eigenvalue weighted by atomic mass is 19.1. The Kier molecular flexibility index (Phi) is 8.24. The Morgan fingerprint density at radius 2 is 2.00 bits per heavy atom. The van der Waals surface area contributed by atoms with E-state index in [1.54, 1.807) is 12.1 Å². The molecule has 1 amide bonds. The Morgan fingerprint density at radius 3 is 2.75 bits per heavy atom. The lowest BCUT2D eigenvalue weighted by atomic mass is 10.1. The lowest BCUT2D eigenvalue weighted by Crippen LogP contribution is -2.37. The third kappa shape index (κ3) is 6.23. The van der Waals surface area contributed by atoms with Crippen LogP contribution in [0.3, 0.4) is 0 Å². The molecule has 9 nitrogen and oxygen atoms in total. The van der Waals surface area contributed by atoms with Crippen molar-refractivity contribution < 1.29 is 27.8 Å². The van der Waals surface area contributed by atoms with Gasteiger partial charge in [-0.05, 0) is 24.6 Å². The standard InChI is InChI=1S/C25H27F2N5O4/c1-16(26)25(33)31-21-13-18-20(14-23(21)36-9-3-6-32-7-10-35-11-8-32)28-15-29-24(18)30-17-4-5-19(27)22(12-17)34-2/h4-5,12-15H,1,3,6-11H2,2H3,(H,31,33)(H,28,29,30). The van der Waals surface area contributed by atoms with Gasteiger partial charge in [0.1, 0.15) is 17.9 Å². The second kappa shape index (κ2) is 11.7. The van der Waals surface area contributed by atoms with E-state index in [2.05, 4.69) is 32.1 Å². The first-order chi connectivity index (χ1) is 17.4. The molecule has 4 rings (SSSR count). The molecule has 190 valence electrons. The highest BCUT2D eigenvalue weighted by Crippen LogP contribution is 2.34. The predicted molar refractivity (Wildman–Crippen MR) is 132 cm³/mol. The predicted octanol–water partition coefficient (Wildman–Crippen LogP) is 4.04. The molecule has 1 aliphatic rings. The van der Waals surface area contributed by atoms with E-state index in [-0.39, 0.29) is 11.4 Å². The number of carbonyl (C=O) groups excluding carboxylic acids is 1. The van der Waals surface area contributed by atoms with Gasteiger partial charge in [-0.3, -0.25) is 9.69 Å². The van der Waals surface area contributed by atoms with Gasteiger partial charge in [0.2, 0.25) is 0 Å². The molecular weight excluding hydrogens is 472 g/mol. The SMILES string of the molecule is C=C(F)C(=O)Nc1cc2c(Nc3ccc(F)c(OC)c3)ncnc2cc1OCCCN1CCOCC1. The Morgan fingerprint density at radius 1 is 1.19 bits per heavy atom. The van der Waals surface area contributed by atoms with Crippen molar-refractivity contribution in [2.45, 2.75) is 6.42 Å². The fourth-order valence-electron chi connectivity index (χ4n) is 3.76. The zero-order valence-electron chi connectivity index (χ0n) is 19.9. The highest BCUT2D eigenvalue weighted by molar-refractivity contribution is 6.05. The number of rotatable bonds is 10. The molecule has 2 aromatic carbocycles. The molecule has 3 aromatic rings. The number of ether oxygens (including phenoxy) is 3. The molecule has 36 heavy (non-hydrogen) atoms. The average Bonchev–Trinajstić information content (AvgIpc) is 2.88. The summed E-state index contributed by atoms with van der Waals surface area (Å²) in [4.78, 5) is 22.9. The summed E-state index contributed by atoms with van der Waals surface area (Å²) in [5.41, 5.74) is 1.30. The van der Waals surface area contributed by atoms with Gasteiger partial charge in [0.05, 0.1) is 38.1 Å². The number of nitrogens with one attached hydrogen (secondary N) is 2. The average molecular weight is 500 g/mol. The number of hydrogen-bond donors (Lipinski definition) is 2. The van der Waals surface area contributed by atoms with E-state index >= 15 is 0 Å². The summed E-state index contributed by atoms with van der Waals surface area (Å²) in [5.74, 6) is -1.81. The van der Waals surface area contributed by atoms with Crippen LogP contribution in [0.25, 0.3) is 10.9 Å². The van der Waals surface area contributed by atoms with Gasteiger partial charge in [-0.25, -0.2) is 18.7 Å². The summed E-state index contributed by atoms with van der Waals surface area (Å²) in [6, 6.07) is 7.54. The molecule has 11 heteroatoms. The van der Waals surface area contributed by atoms with Crippen LogP contribution in [-0.2, 0) is 9.53 Å². The molecule has 1 saturated heterocycles. The molecule has 2 N–H and O–H groups in total. The van der Waals surface area contributed by atoms with Crippen molar-refractivity contribution in [2.75, 3.05) is 57.2 Å². The van der Waals surface area contributed by atoms with E-state index in [9.17, 15) is 13.6 Å². The van der Waals surface area contributed by atoms with E-state index in [0.29, 0.717) is 34.8 Å². The van der Waals surface area contributed by atoms with Crippen LogP contribution in [0.15, 0.2) is 49.1 Å². The van der Waals surface area contributed by atoms with Gasteiger partial charge in [0.25, 0.3) is 5.91 Å². The Balaban J connectivity index is 1.58. The molecule has 0 unspecified atom stereocenters. The number of halogens is 2. The van der Waals surface area contributed by atoms with Crippen molar-refractivity contribution in [3.8, 4) is 11.5 Å². The summed E-state index contributed by atoms with van der Waals surface area (Å²) in [7, 11) is 1.37. The maximum Gasteiger partial charge on any atom is 0.283 e. The Labute approximate surface area is 207 Å². The molecule has 0 radical (unpaired) electrons. The molecular formula is C25H27F2N5O4. The molecule has 1 aliphatic heterocycles. The van der Waals surface area contributed by atoms with E-state index in [1.807, 2.05) is 0 Å². The van der Waals surface area contributed by atoms with Crippen LogP contribution < -0.4 is 20.1 Å². The van der Waals surface area contributed by atoms with E-state index in [0.717, 1.165) is 39.3 Å². The van der Waals surface area contributed by atoms with Crippen LogP contribution in [0.1, 0.15) is 6.42 Å². The quantitative estimate of drug-likeness (QED) is 0.319. The molecule has 0 atom stereocenters. The summed E-state index contributed by atoms with van der Waals surface area (Å²) >= 11 is 0. The summed E-state index contributed by atoms with van der Waals surface area (Å²) in [6.07, 6.45) is 2.12. The van der Waals surface area contributed by atoms with E-state index < -0.39 is 17.6 Å². The number of fused-ring (bicyclic) bond motifs is 1. The highest BCUT2D eigenvalue weighted by Gasteiger charge is 2.16. The summed E-state index contributed by atoms with van der Waals surface area (Å²) < 4.78 is 43.6. The van der Waals surface area contributed by atoms with Crippen LogP contribution >= 0.6 is 0 Å². The Bertz CT molecular complexity index is 1250. The minimum atomic E-state index is -1.13. The lowest BCUT2D eigenvalue weighted by molar-refractivity contribution is -0.114. The first-order valence-corrected chi connectivity index (χ1v) is 11.4. The molecule has 0 aliphatic carbocycles. The molecule has 0 bridgehead atoms. The summed E-state index contributed by atoms with van der Waals surface area (Å²) in [6.45, 7) is 7.47. The van der Waals surface area contributed by atoms with Crippen molar-refractivity contribution >= 4 is 34.0 Å². The van der Waals surface area contributed by atoms with Gasteiger partial charge in [-0.15, -0.1) is 0 Å². The number of amides is 1. The van der Waals surface area contributed by atoms with Crippen LogP contribution in [0.5, 0.6) is 11.5 Å². The fourth-order valence-corrected chi connectivity index (χ4v) is 3.76. The normalized spacial score (nSPS) is 13.9. The lowest BCUT2D eigenvalue weighted by Gasteiger charge is -2.26. The second-order valence-electron chi connectivity index (χ2n) is 8.08. The number of anilines is 3. The van der Waals surface area contributed by atoms with Crippen molar-refractivity contribution in [3.63, 3.8) is 0 Å². The molecule has 2 heterocycles. The van der Waals surface area contributed by atoms with Crippen LogP contribution in [0, 0.1) is 5.82 Å². The third-order valence-electron chi connectivity index (χ3n) is 5.63. The maximum atomic E-state index is 13.8. The minimum absolute atomic E-state index is 0.0699. The monoisotopic (exact) mass is 499 g/mol. The smallest absolute Gasteiger partial charge is 0.283 e. The van der Waals surface area contributed by atoms with Gasteiger partial charge in [-0.1, -0.05) is 6.58 Å². The molecule has 0 spiro atoms. The van der Waals surface area contributed by atoms with Gasteiger partial charge < -0.3 is 24.8 Å². The van der Waals surface area contributed by atoms with Crippen LogP contribution in [0.4, 0.5) is 26.0 Å². The van der Waals surface area contributed by atoms with Gasteiger partial charge in [0, 0.05) is 42.8 Å². The molecule has 1 aromatic heterocycles. The van der Waals surface area contributed by atoms with Crippen molar-refractivity contribution in [1.29, 1.82) is 0 Å². The third-order valence-corrected chi connectivity index (χ3v) is 5.63. The number of methoxy groups -OCH3 is 1. The van der Waals surface area contributed by atoms with Crippen molar-refractivity contribution in [2.24, 2.45) is 0 Å². The maximum absolute atomic E-state index is 13.8. The molecule has 1 fully saturated rings. The first-order valence-electron chi connectivity index (χ1n) is 11.4. The number of morpholine rings is 1. The van der Waals surface area contributed by atoms with E-state index in [1.165, 1.54) is 31.6 Å². The van der Waals surface area contributed by atoms with Crippen molar-refractivity contribution in [1.82, 2.24) is 14.9 Å². The number of nitrogens with zero attached hydrogens (tertiary/aromatic N) is 3. The van der Waals surface area contributed by atoms with E-state index in [4.69, 9.17) is 14.2 Å². The van der Waals surface area contributed by atoms with Gasteiger partial charge in [0.15, 0.2) is 17.4 Å². The van der Waals surface area contributed by atoms with Gasteiger partial charge in [-0.2, -0.15) is 0 Å². The first kappa shape index (κ1) is 25.3. The number of aromatic nitrogens is 2. The largest absolute Gasteiger partial charge is 0.494 e. The van der Waals surface area contributed by atoms with Gasteiger partial charge >= 0.3 is 0 Å². The second-order valence-corrected chi connectivity index (χ2v) is 8.08. The fraction of sp³-hybridized carbons (Fsp3) is 0.320.